The Hall–Kier alpha value is -2.02. The summed E-state index contributed by atoms with van der Waals surface area (Å²) < 4.78 is 0. The third kappa shape index (κ3) is 1.61. The van der Waals surface area contributed by atoms with Gasteiger partial charge in [-0.05, 0) is 22.8 Å². The highest BCUT2D eigenvalue weighted by atomic mass is 14.9. The monoisotopic (exact) mass is 207 g/mol. The van der Waals surface area contributed by atoms with E-state index in [0.29, 0.717) is 0 Å². The normalized spacial score (nSPS) is 13.6. The molecular weight excluding hydrogens is 194 g/mol. The first-order chi connectivity index (χ1) is 7.93. The van der Waals surface area contributed by atoms with Crippen LogP contribution in [0.4, 0.5) is 0 Å². The van der Waals surface area contributed by atoms with Crippen molar-refractivity contribution in [3.05, 3.63) is 71.3 Å². The van der Waals surface area contributed by atoms with Gasteiger partial charge in [-0.1, -0.05) is 54.6 Å². The summed E-state index contributed by atoms with van der Waals surface area (Å²) in [7, 11) is 0. The number of hydrogen-bond acceptors (Lipinski definition) is 1. The number of fused-ring (bicyclic) bond motifs is 1. The summed E-state index contributed by atoms with van der Waals surface area (Å²) in [4.78, 5) is 0. The molecule has 2 aromatic rings. The minimum absolute atomic E-state index is 0.914. The Balaban J connectivity index is 2.04. The quantitative estimate of drug-likeness (QED) is 0.756. The van der Waals surface area contributed by atoms with Crippen LogP contribution in [-0.4, -0.2) is 0 Å². The highest BCUT2D eigenvalue weighted by molar-refractivity contribution is 5.82. The van der Waals surface area contributed by atoms with E-state index in [1.54, 1.807) is 0 Å². The van der Waals surface area contributed by atoms with Crippen LogP contribution in [0, 0.1) is 0 Å². The Kier molecular flexibility index (Phi) is 2.22. The lowest BCUT2D eigenvalue weighted by Gasteiger charge is -2.18. The summed E-state index contributed by atoms with van der Waals surface area (Å²) in [5.41, 5.74) is 5.14. The molecular formula is C15H13N. The van der Waals surface area contributed by atoms with Gasteiger partial charge in [-0.15, -0.1) is 0 Å². The molecule has 0 fully saturated rings. The molecule has 1 N–H and O–H groups in total. The zero-order valence-corrected chi connectivity index (χ0v) is 8.98. The number of hydrogen-bond donors (Lipinski definition) is 1. The van der Waals surface area contributed by atoms with Gasteiger partial charge in [0.1, 0.15) is 0 Å². The van der Waals surface area contributed by atoms with E-state index in [9.17, 15) is 0 Å². The maximum atomic E-state index is 3.45. The third-order valence-electron chi connectivity index (χ3n) is 2.91. The molecule has 1 aliphatic heterocycles. The van der Waals surface area contributed by atoms with Gasteiger partial charge in [-0.3, -0.25) is 0 Å². The second-order valence-electron chi connectivity index (χ2n) is 3.98. The lowest BCUT2D eigenvalue weighted by atomic mass is 10.0. The molecule has 0 saturated heterocycles. The van der Waals surface area contributed by atoms with E-state index in [-0.39, 0.29) is 0 Å². The largest absolute Gasteiger partial charge is 0.380 e. The predicted octanol–water partition coefficient (Wildman–Crippen LogP) is 3.29. The van der Waals surface area contributed by atoms with Gasteiger partial charge >= 0.3 is 0 Å². The highest BCUT2D eigenvalue weighted by Gasteiger charge is 2.09. The summed E-state index contributed by atoms with van der Waals surface area (Å²) >= 11 is 0. The van der Waals surface area contributed by atoms with Crippen LogP contribution in [0.15, 0.2) is 54.6 Å². The van der Waals surface area contributed by atoms with Crippen LogP contribution in [0.5, 0.6) is 0 Å². The van der Waals surface area contributed by atoms with E-state index in [4.69, 9.17) is 0 Å². The van der Waals surface area contributed by atoms with Gasteiger partial charge < -0.3 is 5.32 Å². The van der Waals surface area contributed by atoms with Gasteiger partial charge in [0.2, 0.25) is 0 Å². The standard InChI is InChI=1S/C15H13N/c1-2-6-12(7-3-1)15-10-13-8-4-5-9-14(13)11-16-15/h1-10,16H,11H2. The van der Waals surface area contributed by atoms with Gasteiger partial charge in [0.25, 0.3) is 0 Å². The van der Waals surface area contributed by atoms with Crippen molar-refractivity contribution in [2.45, 2.75) is 6.54 Å². The van der Waals surface area contributed by atoms with Crippen molar-refractivity contribution < 1.29 is 0 Å². The van der Waals surface area contributed by atoms with E-state index in [2.05, 4.69) is 59.9 Å². The van der Waals surface area contributed by atoms with Crippen LogP contribution >= 0.6 is 0 Å². The van der Waals surface area contributed by atoms with Crippen molar-refractivity contribution in [1.29, 1.82) is 0 Å². The average molecular weight is 207 g/mol. The van der Waals surface area contributed by atoms with Gasteiger partial charge in [-0.2, -0.15) is 0 Å². The molecule has 0 aromatic heterocycles. The molecule has 0 spiro atoms. The van der Waals surface area contributed by atoms with E-state index < -0.39 is 0 Å². The number of nitrogens with one attached hydrogen (secondary N) is 1. The van der Waals surface area contributed by atoms with E-state index in [1.807, 2.05) is 6.07 Å². The van der Waals surface area contributed by atoms with Crippen molar-refractivity contribution in [1.82, 2.24) is 5.32 Å². The summed E-state index contributed by atoms with van der Waals surface area (Å²) in [5, 5.41) is 3.45. The smallest absolute Gasteiger partial charge is 0.0422 e. The minimum Gasteiger partial charge on any atom is -0.380 e. The number of rotatable bonds is 1. The van der Waals surface area contributed by atoms with E-state index in [0.717, 1.165) is 6.54 Å². The van der Waals surface area contributed by atoms with Gasteiger partial charge in [0.05, 0.1) is 0 Å². The Morgan fingerprint density at radius 2 is 1.56 bits per heavy atom. The lowest BCUT2D eigenvalue weighted by molar-refractivity contribution is 0.879. The second-order valence-corrected chi connectivity index (χ2v) is 3.98. The minimum atomic E-state index is 0.914. The molecule has 2 aromatic carbocycles. The second kappa shape index (κ2) is 3.86. The Labute approximate surface area is 95.4 Å². The third-order valence-corrected chi connectivity index (χ3v) is 2.91. The zero-order chi connectivity index (χ0) is 10.8. The van der Waals surface area contributed by atoms with Crippen LogP contribution in [0.1, 0.15) is 16.7 Å². The molecule has 1 heterocycles. The molecule has 0 atom stereocenters. The fourth-order valence-corrected chi connectivity index (χ4v) is 2.04. The van der Waals surface area contributed by atoms with Gasteiger partial charge in [-0.25, -0.2) is 0 Å². The predicted molar refractivity (Wildman–Crippen MR) is 67.6 cm³/mol. The van der Waals surface area contributed by atoms with Crippen molar-refractivity contribution in [2.24, 2.45) is 0 Å². The first kappa shape index (κ1) is 9.22. The van der Waals surface area contributed by atoms with Crippen molar-refractivity contribution in [3.8, 4) is 0 Å². The molecule has 16 heavy (non-hydrogen) atoms. The topological polar surface area (TPSA) is 12.0 Å². The summed E-state index contributed by atoms with van der Waals surface area (Å²) in [5.74, 6) is 0. The molecule has 1 nitrogen and oxygen atoms in total. The molecule has 0 radical (unpaired) electrons. The molecule has 78 valence electrons. The molecule has 0 amide bonds. The van der Waals surface area contributed by atoms with Crippen LogP contribution in [0.2, 0.25) is 0 Å². The molecule has 0 unspecified atom stereocenters. The summed E-state index contributed by atoms with van der Waals surface area (Å²) in [6.07, 6.45) is 2.22. The maximum Gasteiger partial charge on any atom is 0.0422 e. The van der Waals surface area contributed by atoms with Crippen LogP contribution in [-0.2, 0) is 6.54 Å². The molecule has 1 heteroatoms. The van der Waals surface area contributed by atoms with Crippen molar-refractivity contribution in [3.63, 3.8) is 0 Å². The van der Waals surface area contributed by atoms with E-state index in [1.165, 1.54) is 22.4 Å². The molecule has 0 bridgehead atoms. The maximum absolute atomic E-state index is 3.45. The molecule has 0 saturated carbocycles. The van der Waals surface area contributed by atoms with Crippen LogP contribution in [0.25, 0.3) is 11.8 Å². The van der Waals surface area contributed by atoms with Crippen molar-refractivity contribution in [2.75, 3.05) is 0 Å². The first-order valence-electron chi connectivity index (χ1n) is 5.52. The van der Waals surface area contributed by atoms with Gasteiger partial charge in [0.15, 0.2) is 0 Å². The van der Waals surface area contributed by atoms with Crippen LogP contribution < -0.4 is 5.32 Å². The Morgan fingerprint density at radius 3 is 2.44 bits per heavy atom. The first-order valence-corrected chi connectivity index (χ1v) is 5.52. The molecule has 1 aliphatic rings. The highest BCUT2D eigenvalue weighted by Crippen LogP contribution is 2.22. The average Bonchev–Trinajstić information content (AvgIpc) is 2.39. The fourth-order valence-electron chi connectivity index (χ4n) is 2.04. The van der Waals surface area contributed by atoms with Gasteiger partial charge in [0, 0.05) is 12.2 Å². The zero-order valence-electron chi connectivity index (χ0n) is 8.98. The Bertz CT molecular complexity index is 526. The summed E-state index contributed by atoms with van der Waals surface area (Å²) in [6.45, 7) is 0.914. The number of benzene rings is 2. The molecule has 3 rings (SSSR count). The van der Waals surface area contributed by atoms with E-state index >= 15 is 0 Å². The SMILES string of the molecule is C1=C(c2ccccc2)NCc2ccccc21. The fraction of sp³-hybridized carbons (Fsp3) is 0.0667. The lowest BCUT2D eigenvalue weighted by Crippen LogP contribution is -2.16. The Morgan fingerprint density at radius 1 is 0.812 bits per heavy atom. The van der Waals surface area contributed by atoms with Crippen molar-refractivity contribution >= 4 is 11.8 Å². The molecule has 0 aliphatic carbocycles. The summed E-state index contributed by atoms with van der Waals surface area (Å²) in [6, 6.07) is 18.9. The van der Waals surface area contributed by atoms with Crippen LogP contribution in [0.3, 0.4) is 0 Å².